The smallest absolute Gasteiger partial charge is 0.258 e. The molecule has 2 aromatic carbocycles. The fourth-order valence-corrected chi connectivity index (χ4v) is 4.90. The summed E-state index contributed by atoms with van der Waals surface area (Å²) in [7, 11) is 1.52. The zero-order valence-corrected chi connectivity index (χ0v) is 19.4. The second-order valence-electron chi connectivity index (χ2n) is 8.95. The number of methoxy groups -OCH3 is 1. The minimum atomic E-state index is -0.881. The van der Waals surface area contributed by atoms with Crippen molar-refractivity contribution in [2.75, 3.05) is 12.4 Å². The van der Waals surface area contributed by atoms with Gasteiger partial charge in [-0.25, -0.2) is 0 Å². The fraction of sp³-hybridized carbons (Fsp3) is 0.423. The van der Waals surface area contributed by atoms with E-state index in [2.05, 4.69) is 10.6 Å². The highest BCUT2D eigenvalue weighted by molar-refractivity contribution is 6.03. The van der Waals surface area contributed by atoms with Gasteiger partial charge in [-0.3, -0.25) is 14.4 Å². The SMILES string of the molecule is COc1ccccc1C(=O)N1[C@@H](CC(=O)Nc2ccc(C)c(C)c2)C(=O)N[C@@H]2CCCC[C@@H]21. The predicted molar refractivity (Wildman–Crippen MR) is 126 cm³/mol. The van der Waals surface area contributed by atoms with Crippen molar-refractivity contribution in [3.05, 3.63) is 59.2 Å². The maximum Gasteiger partial charge on any atom is 0.258 e. The molecule has 1 heterocycles. The van der Waals surface area contributed by atoms with Crippen molar-refractivity contribution in [1.29, 1.82) is 0 Å². The van der Waals surface area contributed by atoms with Crippen LogP contribution in [0.1, 0.15) is 53.6 Å². The number of hydrogen-bond acceptors (Lipinski definition) is 4. The average molecular weight is 450 g/mol. The fourth-order valence-electron chi connectivity index (χ4n) is 4.90. The number of carbonyl (C=O) groups excluding carboxylic acids is 3. The van der Waals surface area contributed by atoms with E-state index < -0.39 is 6.04 Å². The molecule has 1 saturated heterocycles. The Balaban J connectivity index is 1.62. The zero-order valence-electron chi connectivity index (χ0n) is 19.4. The first kappa shape index (κ1) is 22.8. The van der Waals surface area contributed by atoms with Crippen molar-refractivity contribution in [3.63, 3.8) is 0 Å². The minimum absolute atomic E-state index is 0.0935. The number of benzene rings is 2. The number of aryl methyl sites for hydroxylation is 2. The van der Waals surface area contributed by atoms with Crippen molar-refractivity contribution in [1.82, 2.24) is 10.2 Å². The molecule has 4 rings (SSSR count). The van der Waals surface area contributed by atoms with Crippen molar-refractivity contribution in [3.8, 4) is 5.75 Å². The quantitative estimate of drug-likeness (QED) is 0.730. The number of rotatable bonds is 5. The average Bonchev–Trinajstić information content (AvgIpc) is 2.81. The molecule has 3 atom stereocenters. The number of amides is 3. The van der Waals surface area contributed by atoms with Gasteiger partial charge in [0.15, 0.2) is 0 Å². The normalized spacial score (nSPS) is 22.2. The summed E-state index contributed by atoms with van der Waals surface area (Å²) in [5.41, 5.74) is 3.29. The van der Waals surface area contributed by atoms with Crippen LogP contribution >= 0.6 is 0 Å². The molecule has 1 aliphatic heterocycles. The van der Waals surface area contributed by atoms with E-state index in [1.165, 1.54) is 7.11 Å². The Morgan fingerprint density at radius 1 is 1.09 bits per heavy atom. The predicted octanol–water partition coefficient (Wildman–Crippen LogP) is 3.59. The first-order valence-corrected chi connectivity index (χ1v) is 11.5. The number of anilines is 1. The molecule has 3 amide bonds. The third-order valence-electron chi connectivity index (χ3n) is 6.79. The summed E-state index contributed by atoms with van der Waals surface area (Å²) in [6.07, 6.45) is 3.50. The van der Waals surface area contributed by atoms with Crippen LogP contribution in [0.25, 0.3) is 0 Å². The van der Waals surface area contributed by atoms with Gasteiger partial charge in [-0.15, -0.1) is 0 Å². The van der Waals surface area contributed by atoms with Crippen LogP contribution in [0.3, 0.4) is 0 Å². The highest BCUT2D eigenvalue weighted by atomic mass is 16.5. The van der Waals surface area contributed by atoms with Crippen LogP contribution in [0.2, 0.25) is 0 Å². The van der Waals surface area contributed by atoms with Gasteiger partial charge in [0.25, 0.3) is 5.91 Å². The van der Waals surface area contributed by atoms with E-state index in [0.29, 0.717) is 17.0 Å². The van der Waals surface area contributed by atoms with Gasteiger partial charge in [0.2, 0.25) is 11.8 Å². The number of ether oxygens (including phenoxy) is 1. The first-order chi connectivity index (χ1) is 15.9. The van der Waals surface area contributed by atoms with E-state index in [-0.39, 0.29) is 36.2 Å². The summed E-state index contributed by atoms with van der Waals surface area (Å²) in [6.45, 7) is 3.99. The van der Waals surface area contributed by atoms with Gasteiger partial charge in [-0.1, -0.05) is 31.0 Å². The Morgan fingerprint density at radius 2 is 1.85 bits per heavy atom. The molecule has 7 nitrogen and oxygen atoms in total. The number of fused-ring (bicyclic) bond motifs is 1. The summed E-state index contributed by atoms with van der Waals surface area (Å²) >= 11 is 0. The number of piperazine rings is 1. The maximum atomic E-state index is 13.7. The second kappa shape index (κ2) is 9.65. The van der Waals surface area contributed by atoms with E-state index in [0.717, 1.165) is 36.8 Å². The lowest BCUT2D eigenvalue weighted by Gasteiger charge is -2.48. The van der Waals surface area contributed by atoms with Crippen molar-refractivity contribution < 1.29 is 19.1 Å². The van der Waals surface area contributed by atoms with Gasteiger partial charge in [0.05, 0.1) is 25.1 Å². The van der Waals surface area contributed by atoms with Crippen LogP contribution in [-0.2, 0) is 9.59 Å². The number of para-hydroxylation sites is 1. The molecule has 2 N–H and O–H groups in total. The molecule has 0 radical (unpaired) electrons. The molecule has 33 heavy (non-hydrogen) atoms. The minimum Gasteiger partial charge on any atom is -0.496 e. The lowest BCUT2D eigenvalue weighted by atomic mass is 9.84. The molecule has 0 unspecified atom stereocenters. The Labute approximate surface area is 194 Å². The summed E-state index contributed by atoms with van der Waals surface area (Å²) < 4.78 is 5.41. The van der Waals surface area contributed by atoms with Crippen LogP contribution in [-0.4, -0.2) is 47.9 Å². The Morgan fingerprint density at radius 3 is 2.61 bits per heavy atom. The summed E-state index contributed by atoms with van der Waals surface area (Å²) in [4.78, 5) is 41.5. The van der Waals surface area contributed by atoms with Gasteiger partial charge in [0.1, 0.15) is 11.8 Å². The lowest BCUT2D eigenvalue weighted by molar-refractivity contribution is -0.135. The monoisotopic (exact) mass is 449 g/mol. The molecule has 1 saturated carbocycles. The van der Waals surface area contributed by atoms with Crippen molar-refractivity contribution >= 4 is 23.4 Å². The lowest BCUT2D eigenvalue weighted by Crippen LogP contribution is -2.68. The van der Waals surface area contributed by atoms with E-state index in [1.54, 1.807) is 29.2 Å². The van der Waals surface area contributed by atoms with E-state index in [9.17, 15) is 14.4 Å². The zero-order chi connectivity index (χ0) is 23.5. The second-order valence-corrected chi connectivity index (χ2v) is 8.95. The summed E-state index contributed by atoms with van der Waals surface area (Å²) in [6, 6.07) is 11.6. The third-order valence-corrected chi connectivity index (χ3v) is 6.79. The molecular formula is C26H31N3O4. The van der Waals surface area contributed by atoms with Gasteiger partial charge >= 0.3 is 0 Å². The molecule has 2 aliphatic rings. The van der Waals surface area contributed by atoms with E-state index >= 15 is 0 Å². The molecular weight excluding hydrogens is 418 g/mol. The molecule has 0 bridgehead atoms. The number of nitrogens with zero attached hydrogens (tertiary/aromatic N) is 1. The molecule has 0 spiro atoms. The van der Waals surface area contributed by atoms with Crippen molar-refractivity contribution in [2.24, 2.45) is 0 Å². The van der Waals surface area contributed by atoms with Gasteiger partial charge < -0.3 is 20.3 Å². The van der Waals surface area contributed by atoms with Gasteiger partial charge in [0, 0.05) is 11.7 Å². The van der Waals surface area contributed by atoms with Crippen LogP contribution in [0, 0.1) is 13.8 Å². The van der Waals surface area contributed by atoms with Gasteiger partial charge in [-0.05, 0) is 62.1 Å². The van der Waals surface area contributed by atoms with Crippen LogP contribution in [0.15, 0.2) is 42.5 Å². The van der Waals surface area contributed by atoms with E-state index in [1.807, 2.05) is 32.0 Å². The molecule has 2 fully saturated rings. The number of hydrogen-bond donors (Lipinski definition) is 2. The van der Waals surface area contributed by atoms with Crippen molar-refractivity contribution in [2.45, 2.75) is 64.1 Å². The highest BCUT2D eigenvalue weighted by Crippen LogP contribution is 2.32. The third kappa shape index (κ3) is 4.72. The standard InChI is InChI=1S/C26H31N3O4/c1-16-12-13-18(14-17(16)2)27-24(30)15-22-25(31)28-20-9-5-6-10-21(20)29(22)26(32)19-8-4-7-11-23(19)33-3/h4,7-8,11-14,20-22H,5-6,9-10,15H2,1-3H3,(H,27,30)(H,28,31)/t20-,21+,22+/m1/s1. The molecule has 0 aromatic heterocycles. The topological polar surface area (TPSA) is 87.7 Å². The maximum absolute atomic E-state index is 13.7. The van der Waals surface area contributed by atoms with Crippen LogP contribution in [0.5, 0.6) is 5.75 Å². The molecule has 7 heteroatoms. The molecule has 2 aromatic rings. The Hall–Kier alpha value is -3.35. The number of carbonyl (C=O) groups is 3. The summed E-state index contributed by atoms with van der Waals surface area (Å²) in [5, 5.41) is 5.97. The largest absolute Gasteiger partial charge is 0.496 e. The van der Waals surface area contributed by atoms with Gasteiger partial charge in [-0.2, -0.15) is 0 Å². The van der Waals surface area contributed by atoms with Crippen LogP contribution < -0.4 is 15.4 Å². The Bertz CT molecular complexity index is 1070. The number of nitrogens with one attached hydrogen (secondary N) is 2. The molecule has 1 aliphatic carbocycles. The van der Waals surface area contributed by atoms with E-state index in [4.69, 9.17) is 4.74 Å². The highest BCUT2D eigenvalue weighted by Gasteiger charge is 2.46. The Kier molecular flexibility index (Phi) is 6.67. The summed E-state index contributed by atoms with van der Waals surface area (Å²) in [5.74, 6) is -0.399. The van der Waals surface area contributed by atoms with Crippen LogP contribution in [0.4, 0.5) is 5.69 Å². The first-order valence-electron chi connectivity index (χ1n) is 11.5. The molecule has 174 valence electrons.